The van der Waals surface area contributed by atoms with Crippen molar-refractivity contribution in [3.63, 3.8) is 0 Å². The van der Waals surface area contributed by atoms with Gasteiger partial charge in [-0.2, -0.15) is 0 Å². The predicted octanol–water partition coefficient (Wildman–Crippen LogP) is 23.8. The summed E-state index contributed by atoms with van der Waals surface area (Å²) in [7, 11) is 0. The van der Waals surface area contributed by atoms with E-state index in [4.69, 9.17) is 0 Å². The maximum Gasteiger partial charge on any atom is 0.316 e. The molecule has 0 unspecified atom stereocenters. The van der Waals surface area contributed by atoms with Crippen LogP contribution >= 0.6 is 0 Å². The third-order valence-electron chi connectivity index (χ3n) is 23.6. The van der Waals surface area contributed by atoms with Crippen LogP contribution in [0.15, 0.2) is 394 Å². The second-order valence-corrected chi connectivity index (χ2v) is 29.3. The summed E-state index contributed by atoms with van der Waals surface area (Å²) < 4.78 is 7.98. The molecule has 0 atom stereocenters. The zero-order valence-corrected chi connectivity index (χ0v) is 59.4. The molecule has 0 saturated carbocycles. The molecule has 0 N–H and O–H groups in total. The van der Waals surface area contributed by atoms with Crippen molar-refractivity contribution in [2.24, 2.45) is 0 Å². The molecule has 0 spiro atoms. The van der Waals surface area contributed by atoms with Crippen LogP contribution in [0.25, 0.3) is 144 Å². The summed E-state index contributed by atoms with van der Waals surface area (Å²) in [5, 5.41) is 4.88. The van der Waals surface area contributed by atoms with Gasteiger partial charge < -0.3 is 23.7 Å². The highest BCUT2D eigenvalue weighted by Crippen LogP contribution is 2.58. The summed E-state index contributed by atoms with van der Waals surface area (Å²) >= 11 is 0. The molecule has 0 saturated heterocycles. The first-order valence-electron chi connectivity index (χ1n) is 37.9. The smallest absolute Gasteiger partial charge is 0.316 e. The van der Waals surface area contributed by atoms with Gasteiger partial charge >= 0.3 is 13.7 Å². The van der Waals surface area contributed by atoms with E-state index in [2.05, 4.69) is 418 Å². The number of anilines is 7. The number of para-hydroxylation sites is 7. The van der Waals surface area contributed by atoms with Crippen molar-refractivity contribution in [3.8, 4) is 100 Å². The summed E-state index contributed by atoms with van der Waals surface area (Å²) in [6.45, 7) is -0.621. The average Bonchev–Trinajstić information content (AvgIpc) is 0.865. The summed E-state index contributed by atoms with van der Waals surface area (Å²) in [4.78, 5) is 5.37. The Morgan fingerprint density at radius 2 is 0.468 bits per heavy atom. The molecular weight excluding hydrogens is 1320 g/mol. The Kier molecular flexibility index (Phi) is 13.6. The number of rotatable bonds is 10. The van der Waals surface area contributed by atoms with Crippen molar-refractivity contribution < 1.29 is 0 Å². The molecule has 4 aliphatic heterocycles. The Balaban J connectivity index is 0.870. The molecule has 4 aliphatic rings. The lowest BCUT2D eigenvalue weighted by molar-refractivity contribution is 1.17. The molecule has 6 heterocycles. The van der Waals surface area contributed by atoms with E-state index in [0.29, 0.717) is 0 Å². The van der Waals surface area contributed by atoms with Crippen LogP contribution in [0, 0.1) is 0 Å². The van der Waals surface area contributed by atoms with Crippen LogP contribution < -0.4 is 36.4 Å². The van der Waals surface area contributed by atoms with Crippen molar-refractivity contribution in [3.05, 3.63) is 394 Å². The van der Waals surface area contributed by atoms with Crippen molar-refractivity contribution in [1.82, 2.24) is 9.13 Å². The number of aromatic nitrogens is 2. The quantitative estimate of drug-likeness (QED) is 0.127. The highest BCUT2D eigenvalue weighted by molar-refractivity contribution is 7.09. The van der Waals surface area contributed by atoms with Gasteiger partial charge in [0.15, 0.2) is 0 Å². The van der Waals surface area contributed by atoms with E-state index in [1.165, 1.54) is 71.3 Å². The molecule has 0 amide bonds. The van der Waals surface area contributed by atoms with Gasteiger partial charge in [0.05, 0.1) is 33.4 Å². The van der Waals surface area contributed by atoms with Gasteiger partial charge in [0.1, 0.15) is 0 Å². The average molecular weight is 1380 g/mol. The molecule has 5 nitrogen and oxygen atoms in total. The van der Waals surface area contributed by atoms with Crippen LogP contribution in [0.5, 0.6) is 0 Å². The van der Waals surface area contributed by atoms with E-state index < -0.39 is 0 Å². The minimum atomic E-state index is -0.310. The second kappa shape index (κ2) is 24.2. The lowest BCUT2D eigenvalue weighted by atomic mass is 9.32. The van der Waals surface area contributed by atoms with Gasteiger partial charge in [0, 0.05) is 94.7 Å². The molecule has 7 heteroatoms. The maximum atomic E-state index is 2.90. The van der Waals surface area contributed by atoms with Crippen molar-refractivity contribution in [2.45, 2.75) is 0 Å². The van der Waals surface area contributed by atoms with Crippen molar-refractivity contribution in [1.29, 1.82) is 0 Å². The lowest BCUT2D eigenvalue weighted by Crippen LogP contribution is -2.74. The van der Waals surface area contributed by atoms with E-state index in [9.17, 15) is 0 Å². The van der Waals surface area contributed by atoms with Gasteiger partial charge in [-0.05, 0) is 162 Å². The molecule has 0 bridgehead atoms. The molecule has 23 rings (SSSR count). The monoisotopic (exact) mass is 1380 g/mol. The van der Waals surface area contributed by atoms with Crippen LogP contribution in [0.4, 0.5) is 39.8 Å². The molecule has 17 aromatic carbocycles. The van der Waals surface area contributed by atoms with Gasteiger partial charge in [-0.3, -0.25) is 0 Å². The first-order valence-corrected chi connectivity index (χ1v) is 37.9. The largest absolute Gasteiger partial charge is 0.444 e. The zero-order chi connectivity index (χ0) is 71.4. The fourth-order valence-electron chi connectivity index (χ4n) is 19.1. The van der Waals surface area contributed by atoms with Gasteiger partial charge in [-0.25, -0.2) is 0 Å². The maximum absolute atomic E-state index is 2.90. The molecule has 504 valence electrons. The van der Waals surface area contributed by atoms with Crippen molar-refractivity contribution in [2.75, 3.05) is 14.5 Å². The third kappa shape index (κ3) is 9.17. The number of fused-ring (bicyclic) bond motifs is 14. The molecular formula is C102H65B2N5. The fourth-order valence-corrected chi connectivity index (χ4v) is 19.1. The third-order valence-corrected chi connectivity index (χ3v) is 23.6. The molecule has 0 aliphatic carbocycles. The normalized spacial score (nSPS) is 12.9. The second-order valence-electron chi connectivity index (χ2n) is 29.3. The number of nitrogens with zero attached hydrogens (tertiary/aromatic N) is 5. The summed E-state index contributed by atoms with van der Waals surface area (Å²) in [5.41, 5.74) is 38.4. The predicted molar refractivity (Wildman–Crippen MR) is 460 cm³/mol. The highest BCUT2D eigenvalue weighted by Gasteiger charge is 2.55. The van der Waals surface area contributed by atoms with Gasteiger partial charge in [0.25, 0.3) is 0 Å². The van der Waals surface area contributed by atoms with E-state index >= 15 is 0 Å². The summed E-state index contributed by atoms with van der Waals surface area (Å²) in [5.74, 6) is 0. The van der Waals surface area contributed by atoms with E-state index in [1.54, 1.807) is 0 Å². The SMILES string of the molecule is c1ccc(-c2cc(-c3ccccc3)c(N3c4ccccc4B4c5c(cc(-n6c7ccccc7c7ccccc76)cc53)-c3cccc5c3N4B3c4ccccc4N(c4c(-c6ccccc6)cc(-c6ccccc6)cc4-c4ccccc4)c4cc(-n6c7ccccc7c7ccccc76)cc-5c43)c(-c3ccccc3)c2)cc1. The van der Waals surface area contributed by atoms with Gasteiger partial charge in [0.2, 0.25) is 0 Å². The first kappa shape index (κ1) is 61.2. The molecule has 19 aromatic rings. The Morgan fingerprint density at radius 3 is 0.798 bits per heavy atom. The van der Waals surface area contributed by atoms with Crippen LogP contribution in [0.3, 0.4) is 0 Å². The molecule has 109 heavy (non-hydrogen) atoms. The minimum absolute atomic E-state index is 0.310. The number of hydrogen-bond acceptors (Lipinski definition) is 3. The molecule has 0 radical (unpaired) electrons. The zero-order valence-electron chi connectivity index (χ0n) is 59.4. The fraction of sp³-hybridized carbons (Fsp3) is 0. The van der Waals surface area contributed by atoms with Crippen LogP contribution in [-0.4, -0.2) is 22.8 Å². The van der Waals surface area contributed by atoms with Crippen LogP contribution in [-0.2, 0) is 0 Å². The first-order chi connectivity index (χ1) is 54.1. The van der Waals surface area contributed by atoms with E-state index in [0.717, 1.165) is 134 Å². The van der Waals surface area contributed by atoms with Crippen LogP contribution in [0.2, 0.25) is 0 Å². The number of benzene rings is 17. The molecule has 0 fully saturated rings. The lowest BCUT2D eigenvalue weighted by Gasteiger charge is -2.53. The van der Waals surface area contributed by atoms with Crippen molar-refractivity contribution >= 4 is 119 Å². The Hall–Kier alpha value is -14.1. The Morgan fingerprint density at radius 1 is 0.183 bits per heavy atom. The van der Waals surface area contributed by atoms with Gasteiger partial charge in [-0.15, -0.1) is 0 Å². The minimum Gasteiger partial charge on any atom is -0.444 e. The van der Waals surface area contributed by atoms with E-state index in [1.807, 2.05) is 0 Å². The summed E-state index contributed by atoms with van der Waals surface area (Å²) in [6, 6.07) is 148. The van der Waals surface area contributed by atoms with E-state index in [-0.39, 0.29) is 13.7 Å². The van der Waals surface area contributed by atoms with Gasteiger partial charge in [-0.1, -0.05) is 309 Å². The standard InChI is InChI=1S/C102H65B2N5/c1-7-32-66(33-8-1)72-58-82(68-36-11-3-12-37-68)100(83(59-72)69-38-13-4-14-39-69)107-94-56-29-23-50-88(94)103-98-86(62-74(64-96(98)107)105-90-52-25-19-44-76(90)77-45-20-26-53-91(77)105)80-48-31-49-81-87-63-75(106-92-54-27-21-46-78(92)79-47-22-28-55-93(79)106)65-97-99(87)104(109(103)102(80)81)89-51-24-30-57-95(89)108(97)101-84(70-40-15-5-16-41-70)60-73(67-34-9-2-10-35-67)61-85(101)71-42-17-6-18-43-71/h1-65H. The highest BCUT2D eigenvalue weighted by atomic mass is 15.2. The topological polar surface area (TPSA) is 19.6 Å². The Bertz CT molecular complexity index is 6290. The molecule has 2 aromatic heterocycles. The number of hydrogen-bond donors (Lipinski definition) is 0. The summed E-state index contributed by atoms with van der Waals surface area (Å²) in [6.07, 6.45) is 0. The van der Waals surface area contributed by atoms with Crippen LogP contribution in [0.1, 0.15) is 0 Å². The Labute approximate surface area is 633 Å².